The van der Waals surface area contributed by atoms with E-state index in [1.54, 1.807) is 0 Å². The van der Waals surface area contributed by atoms with Gasteiger partial charge in [-0.25, -0.2) is 0 Å². The SMILES string of the molecule is C/C=C/C=C(\C)C(=O)N(CC)CC. The van der Waals surface area contributed by atoms with Gasteiger partial charge in [0.1, 0.15) is 0 Å². The predicted octanol–water partition coefficient (Wildman–Crippen LogP) is 2.38. The fourth-order valence-electron chi connectivity index (χ4n) is 1.07. The van der Waals surface area contributed by atoms with E-state index in [9.17, 15) is 4.79 Å². The first-order valence-corrected chi connectivity index (χ1v) is 4.76. The number of carbonyl (C=O) groups is 1. The Kier molecular flexibility index (Phi) is 5.94. The topological polar surface area (TPSA) is 20.3 Å². The zero-order valence-corrected chi connectivity index (χ0v) is 9.00. The molecule has 0 aliphatic rings. The Labute approximate surface area is 80.9 Å². The van der Waals surface area contributed by atoms with Crippen LogP contribution < -0.4 is 0 Å². The van der Waals surface area contributed by atoms with E-state index in [4.69, 9.17) is 0 Å². The molecule has 0 aliphatic carbocycles. The standard InChI is InChI=1S/C11H19NO/c1-5-8-9-10(4)11(13)12(6-2)7-3/h5,8-9H,6-7H2,1-4H3/b8-5+,10-9+. The van der Waals surface area contributed by atoms with Gasteiger partial charge in [0.2, 0.25) is 5.91 Å². The Morgan fingerprint density at radius 1 is 1.31 bits per heavy atom. The molecule has 0 saturated heterocycles. The highest BCUT2D eigenvalue weighted by Crippen LogP contribution is 2.01. The first-order chi connectivity index (χ1) is 6.17. The Morgan fingerprint density at radius 2 is 1.85 bits per heavy atom. The summed E-state index contributed by atoms with van der Waals surface area (Å²) in [6.45, 7) is 9.31. The first kappa shape index (κ1) is 11.9. The zero-order chi connectivity index (χ0) is 10.3. The number of carbonyl (C=O) groups excluding carboxylic acids is 1. The van der Waals surface area contributed by atoms with Crippen molar-refractivity contribution in [1.82, 2.24) is 4.90 Å². The molecule has 0 bridgehead atoms. The summed E-state index contributed by atoms with van der Waals surface area (Å²) in [6, 6.07) is 0. The highest BCUT2D eigenvalue weighted by Gasteiger charge is 2.09. The quantitative estimate of drug-likeness (QED) is 0.481. The lowest BCUT2D eigenvalue weighted by molar-refractivity contribution is -0.126. The summed E-state index contributed by atoms with van der Waals surface area (Å²) in [5.74, 6) is 0.128. The molecule has 0 heterocycles. The number of likely N-dealkylation sites (N-methyl/N-ethyl adjacent to an activating group) is 1. The summed E-state index contributed by atoms with van der Waals surface area (Å²) in [5.41, 5.74) is 0.793. The van der Waals surface area contributed by atoms with Crippen molar-refractivity contribution < 1.29 is 4.79 Å². The van der Waals surface area contributed by atoms with E-state index in [2.05, 4.69) is 0 Å². The maximum atomic E-state index is 11.6. The van der Waals surface area contributed by atoms with Crippen LogP contribution in [0.2, 0.25) is 0 Å². The molecule has 2 nitrogen and oxygen atoms in total. The van der Waals surface area contributed by atoms with Crippen molar-refractivity contribution in [3.8, 4) is 0 Å². The van der Waals surface area contributed by atoms with Gasteiger partial charge in [0.15, 0.2) is 0 Å². The van der Waals surface area contributed by atoms with Gasteiger partial charge in [-0.1, -0.05) is 18.2 Å². The molecule has 0 radical (unpaired) electrons. The smallest absolute Gasteiger partial charge is 0.249 e. The molecule has 0 unspecified atom stereocenters. The summed E-state index contributed by atoms with van der Waals surface area (Å²) in [6.07, 6.45) is 5.65. The predicted molar refractivity (Wildman–Crippen MR) is 56.5 cm³/mol. The minimum Gasteiger partial charge on any atom is -0.339 e. The molecule has 13 heavy (non-hydrogen) atoms. The lowest BCUT2D eigenvalue weighted by Gasteiger charge is -2.18. The average Bonchev–Trinajstić information content (AvgIpc) is 2.15. The van der Waals surface area contributed by atoms with E-state index in [1.165, 1.54) is 0 Å². The number of allylic oxidation sites excluding steroid dienone is 3. The molecule has 0 aromatic heterocycles. The van der Waals surface area contributed by atoms with Gasteiger partial charge in [0.05, 0.1) is 0 Å². The van der Waals surface area contributed by atoms with Crippen LogP contribution in [0, 0.1) is 0 Å². The highest BCUT2D eigenvalue weighted by atomic mass is 16.2. The van der Waals surface area contributed by atoms with Crippen LogP contribution in [0.25, 0.3) is 0 Å². The van der Waals surface area contributed by atoms with E-state index >= 15 is 0 Å². The van der Waals surface area contributed by atoms with E-state index in [-0.39, 0.29) is 5.91 Å². The lowest BCUT2D eigenvalue weighted by atomic mass is 10.2. The number of rotatable bonds is 4. The zero-order valence-electron chi connectivity index (χ0n) is 9.00. The first-order valence-electron chi connectivity index (χ1n) is 4.76. The second-order valence-corrected chi connectivity index (χ2v) is 2.85. The average molecular weight is 181 g/mol. The van der Waals surface area contributed by atoms with Gasteiger partial charge in [-0.15, -0.1) is 0 Å². The third-order valence-corrected chi connectivity index (χ3v) is 1.93. The van der Waals surface area contributed by atoms with Crippen LogP contribution in [0.15, 0.2) is 23.8 Å². The molecule has 0 N–H and O–H groups in total. The molecule has 0 aliphatic heterocycles. The van der Waals surface area contributed by atoms with Gasteiger partial charge in [0, 0.05) is 18.7 Å². The Morgan fingerprint density at radius 3 is 2.23 bits per heavy atom. The van der Waals surface area contributed by atoms with Crippen LogP contribution in [0.1, 0.15) is 27.7 Å². The molecular weight excluding hydrogens is 162 g/mol. The van der Waals surface area contributed by atoms with Crippen LogP contribution in [-0.4, -0.2) is 23.9 Å². The van der Waals surface area contributed by atoms with E-state index in [1.807, 2.05) is 50.8 Å². The van der Waals surface area contributed by atoms with Crippen molar-refractivity contribution >= 4 is 5.91 Å². The minimum absolute atomic E-state index is 0.128. The van der Waals surface area contributed by atoms with Gasteiger partial charge in [-0.05, 0) is 27.7 Å². The Balaban J connectivity index is 4.39. The number of nitrogens with zero attached hydrogens (tertiary/aromatic N) is 1. The molecule has 1 amide bonds. The van der Waals surface area contributed by atoms with Crippen molar-refractivity contribution in [3.63, 3.8) is 0 Å². The van der Waals surface area contributed by atoms with E-state index < -0.39 is 0 Å². The van der Waals surface area contributed by atoms with Crippen molar-refractivity contribution in [2.24, 2.45) is 0 Å². The second-order valence-electron chi connectivity index (χ2n) is 2.85. The Hall–Kier alpha value is -1.05. The molecule has 74 valence electrons. The van der Waals surface area contributed by atoms with E-state index in [0.717, 1.165) is 18.7 Å². The normalized spacial score (nSPS) is 12.2. The largest absolute Gasteiger partial charge is 0.339 e. The maximum Gasteiger partial charge on any atom is 0.249 e. The molecular formula is C11H19NO. The third-order valence-electron chi connectivity index (χ3n) is 1.93. The maximum absolute atomic E-state index is 11.6. The molecule has 0 aromatic carbocycles. The van der Waals surface area contributed by atoms with Gasteiger partial charge in [0.25, 0.3) is 0 Å². The monoisotopic (exact) mass is 181 g/mol. The van der Waals surface area contributed by atoms with Crippen molar-refractivity contribution in [1.29, 1.82) is 0 Å². The third kappa shape index (κ3) is 3.92. The summed E-state index contributed by atoms with van der Waals surface area (Å²) in [4.78, 5) is 13.4. The molecule has 0 aromatic rings. The van der Waals surface area contributed by atoms with Crippen LogP contribution in [0.5, 0.6) is 0 Å². The fraction of sp³-hybridized carbons (Fsp3) is 0.545. The van der Waals surface area contributed by atoms with Crippen LogP contribution in [0.4, 0.5) is 0 Å². The minimum atomic E-state index is 0.128. The summed E-state index contributed by atoms with van der Waals surface area (Å²) < 4.78 is 0. The Bertz CT molecular complexity index is 212. The number of hydrogen-bond donors (Lipinski definition) is 0. The lowest BCUT2D eigenvalue weighted by Crippen LogP contribution is -2.30. The van der Waals surface area contributed by atoms with Gasteiger partial charge < -0.3 is 4.90 Å². The molecule has 0 spiro atoms. The fourth-order valence-corrected chi connectivity index (χ4v) is 1.07. The second kappa shape index (κ2) is 6.46. The summed E-state index contributed by atoms with van der Waals surface area (Å²) >= 11 is 0. The molecule has 0 rings (SSSR count). The van der Waals surface area contributed by atoms with Crippen molar-refractivity contribution in [2.45, 2.75) is 27.7 Å². The van der Waals surface area contributed by atoms with Gasteiger partial charge in [-0.3, -0.25) is 4.79 Å². The van der Waals surface area contributed by atoms with E-state index in [0.29, 0.717) is 0 Å². The van der Waals surface area contributed by atoms with Crippen LogP contribution in [-0.2, 0) is 4.79 Å². The van der Waals surface area contributed by atoms with Gasteiger partial charge in [-0.2, -0.15) is 0 Å². The van der Waals surface area contributed by atoms with Crippen LogP contribution in [0.3, 0.4) is 0 Å². The van der Waals surface area contributed by atoms with Gasteiger partial charge >= 0.3 is 0 Å². The summed E-state index contributed by atoms with van der Waals surface area (Å²) in [7, 11) is 0. The number of hydrogen-bond acceptors (Lipinski definition) is 1. The van der Waals surface area contributed by atoms with Crippen molar-refractivity contribution in [3.05, 3.63) is 23.8 Å². The molecule has 2 heteroatoms. The van der Waals surface area contributed by atoms with Crippen molar-refractivity contribution in [2.75, 3.05) is 13.1 Å². The number of amides is 1. The molecule has 0 saturated carbocycles. The van der Waals surface area contributed by atoms with Crippen LogP contribution >= 0.6 is 0 Å². The summed E-state index contributed by atoms with van der Waals surface area (Å²) in [5, 5.41) is 0. The molecule has 0 fully saturated rings. The molecule has 0 atom stereocenters. The highest BCUT2D eigenvalue weighted by molar-refractivity contribution is 5.93.